The maximum atomic E-state index is 10.6. The van der Waals surface area contributed by atoms with Crippen molar-refractivity contribution in [1.29, 1.82) is 0 Å². The van der Waals surface area contributed by atoms with Gasteiger partial charge in [0, 0.05) is 0 Å². The fourth-order valence-electron chi connectivity index (χ4n) is 1.42. The van der Waals surface area contributed by atoms with Crippen molar-refractivity contribution in [1.82, 2.24) is 0 Å². The predicted octanol–water partition coefficient (Wildman–Crippen LogP) is 4.17. The number of hydrogen-bond acceptors (Lipinski definition) is 2. The van der Waals surface area contributed by atoms with Crippen molar-refractivity contribution in [3.63, 3.8) is 0 Å². The second-order valence-corrected chi connectivity index (χ2v) is 6.55. The Bertz CT molecular complexity index is 182. The zero-order valence-corrected chi connectivity index (χ0v) is 11.3. The summed E-state index contributed by atoms with van der Waals surface area (Å²) in [6, 6.07) is 0. The first-order valence-corrected chi connectivity index (χ1v) is 8.49. The first kappa shape index (κ1) is 15.5. The van der Waals surface area contributed by atoms with Crippen LogP contribution in [0.5, 0.6) is 0 Å². The van der Waals surface area contributed by atoms with E-state index < -0.39 is 6.80 Å². The molecule has 5 heteroatoms. The Balaban J connectivity index is 3.02. The average Bonchev–Trinajstić information content (AvgIpc) is 2.14. The van der Waals surface area contributed by atoms with Gasteiger partial charge in [0.05, 0.1) is 6.61 Å². The number of hydrogen-bond donors (Lipinski definition) is 2. The van der Waals surface area contributed by atoms with Gasteiger partial charge in [-0.1, -0.05) is 64.1 Å². The normalized spacial score (nSPS) is 15.1. The Labute approximate surface area is 98.3 Å². The minimum absolute atomic E-state index is 0.340. The van der Waals surface area contributed by atoms with Gasteiger partial charge in [-0.15, -0.1) is 0 Å². The van der Waals surface area contributed by atoms with E-state index in [0.717, 1.165) is 12.8 Å². The van der Waals surface area contributed by atoms with Crippen LogP contribution in [0.2, 0.25) is 0 Å². The lowest BCUT2D eigenvalue weighted by molar-refractivity contribution is 0.268. The molecule has 0 amide bonds. The highest BCUT2D eigenvalue weighted by atomic mass is 32.7. The van der Waals surface area contributed by atoms with Crippen LogP contribution in [0.15, 0.2) is 0 Å². The fourth-order valence-corrected chi connectivity index (χ4v) is 2.03. The van der Waals surface area contributed by atoms with Crippen molar-refractivity contribution < 1.29 is 14.0 Å². The van der Waals surface area contributed by atoms with E-state index in [4.69, 9.17) is 4.89 Å². The standard InChI is InChI=1S/C10H23O3PS/c1-2-3-4-5-6-7-8-9-10-13-14(11,12)15/h2-10H2,1H3,(H2,11,12,15). The molecule has 0 saturated heterocycles. The second kappa shape index (κ2) is 9.71. The van der Waals surface area contributed by atoms with E-state index in [1.165, 1.54) is 38.5 Å². The van der Waals surface area contributed by atoms with Crippen LogP contribution in [0.25, 0.3) is 0 Å². The lowest BCUT2D eigenvalue weighted by atomic mass is 10.1. The molecule has 0 aliphatic rings. The summed E-state index contributed by atoms with van der Waals surface area (Å²) in [6.45, 7) is -0.992. The van der Waals surface area contributed by atoms with Gasteiger partial charge in [0.15, 0.2) is 0 Å². The second-order valence-electron chi connectivity index (χ2n) is 3.80. The molecule has 0 rings (SSSR count). The number of rotatable bonds is 10. The van der Waals surface area contributed by atoms with Crippen LogP contribution in [-0.2, 0) is 9.09 Å². The summed E-state index contributed by atoms with van der Waals surface area (Å²) in [5, 5.41) is 0. The van der Waals surface area contributed by atoms with E-state index in [1.54, 1.807) is 0 Å². The van der Waals surface area contributed by atoms with Gasteiger partial charge in [-0.05, 0) is 6.42 Å². The molecule has 0 aromatic heterocycles. The van der Waals surface area contributed by atoms with Crippen LogP contribution in [0, 0.1) is 0 Å². The molecule has 0 radical (unpaired) electrons. The SMILES string of the molecule is CCCCCCCCCCOP(=O)(O)S. The van der Waals surface area contributed by atoms with E-state index in [0.29, 0.717) is 6.61 Å². The van der Waals surface area contributed by atoms with Gasteiger partial charge in [-0.25, -0.2) is 4.57 Å². The highest BCUT2D eigenvalue weighted by Crippen LogP contribution is 2.46. The van der Waals surface area contributed by atoms with Crippen molar-refractivity contribution in [3.8, 4) is 0 Å². The third-order valence-corrected chi connectivity index (χ3v) is 3.12. The van der Waals surface area contributed by atoms with Gasteiger partial charge < -0.3 is 9.42 Å². The molecule has 0 fully saturated rings. The molecule has 0 bridgehead atoms. The molecular weight excluding hydrogens is 231 g/mol. The molecular formula is C10H23O3PS. The maximum Gasteiger partial charge on any atom is 0.383 e. The molecule has 1 atom stereocenters. The van der Waals surface area contributed by atoms with E-state index in [9.17, 15) is 4.57 Å². The Morgan fingerprint density at radius 1 is 1.07 bits per heavy atom. The number of unbranched alkanes of at least 4 members (excludes halogenated alkanes) is 7. The lowest BCUT2D eigenvalue weighted by Crippen LogP contribution is -1.89. The first-order chi connectivity index (χ1) is 7.06. The molecule has 0 aromatic rings. The monoisotopic (exact) mass is 254 g/mol. The third kappa shape index (κ3) is 14.5. The lowest BCUT2D eigenvalue weighted by Gasteiger charge is -2.05. The molecule has 0 saturated carbocycles. The van der Waals surface area contributed by atoms with Crippen LogP contribution in [-0.4, -0.2) is 11.5 Å². The van der Waals surface area contributed by atoms with Gasteiger partial charge in [-0.3, -0.25) is 0 Å². The van der Waals surface area contributed by atoms with Gasteiger partial charge in [0.25, 0.3) is 0 Å². The Morgan fingerprint density at radius 2 is 1.53 bits per heavy atom. The summed E-state index contributed by atoms with van der Waals surface area (Å²) in [6.07, 6.45) is 9.61. The van der Waals surface area contributed by atoms with Gasteiger partial charge in [0.1, 0.15) is 0 Å². The summed E-state index contributed by atoms with van der Waals surface area (Å²) in [5.41, 5.74) is 0. The summed E-state index contributed by atoms with van der Waals surface area (Å²) in [5.74, 6) is 0. The smallest absolute Gasteiger partial charge is 0.317 e. The van der Waals surface area contributed by atoms with Gasteiger partial charge in [0.2, 0.25) is 0 Å². The van der Waals surface area contributed by atoms with Crippen LogP contribution >= 0.6 is 19.0 Å². The van der Waals surface area contributed by atoms with Crippen LogP contribution in [0.1, 0.15) is 58.3 Å². The van der Waals surface area contributed by atoms with Crippen LogP contribution in [0.4, 0.5) is 0 Å². The number of thiol groups is 1. The Kier molecular flexibility index (Phi) is 10.0. The first-order valence-electron chi connectivity index (χ1n) is 5.76. The zero-order chi connectivity index (χ0) is 11.6. The molecule has 0 aliphatic heterocycles. The van der Waals surface area contributed by atoms with Crippen LogP contribution in [0.3, 0.4) is 0 Å². The zero-order valence-electron chi connectivity index (χ0n) is 9.52. The summed E-state index contributed by atoms with van der Waals surface area (Å²) in [7, 11) is 0. The van der Waals surface area contributed by atoms with Gasteiger partial charge >= 0.3 is 6.80 Å². The van der Waals surface area contributed by atoms with Crippen molar-refractivity contribution >= 4 is 19.0 Å². The molecule has 0 heterocycles. The molecule has 92 valence electrons. The van der Waals surface area contributed by atoms with E-state index in [2.05, 4.69) is 23.7 Å². The van der Waals surface area contributed by atoms with Crippen molar-refractivity contribution in [2.24, 2.45) is 0 Å². The highest BCUT2D eigenvalue weighted by molar-refractivity contribution is 8.44. The highest BCUT2D eigenvalue weighted by Gasteiger charge is 2.09. The quantitative estimate of drug-likeness (QED) is 0.349. The largest absolute Gasteiger partial charge is 0.383 e. The van der Waals surface area contributed by atoms with Crippen molar-refractivity contribution in [3.05, 3.63) is 0 Å². The fraction of sp³-hybridized carbons (Fsp3) is 1.00. The molecule has 0 aromatic carbocycles. The van der Waals surface area contributed by atoms with Crippen LogP contribution < -0.4 is 0 Å². The van der Waals surface area contributed by atoms with E-state index >= 15 is 0 Å². The third-order valence-electron chi connectivity index (χ3n) is 2.26. The van der Waals surface area contributed by atoms with Gasteiger partial charge in [-0.2, -0.15) is 0 Å². The molecule has 1 N–H and O–H groups in total. The minimum atomic E-state index is -3.54. The predicted molar refractivity (Wildman–Crippen MR) is 67.4 cm³/mol. The summed E-state index contributed by atoms with van der Waals surface area (Å²) in [4.78, 5) is 8.71. The Hall–Kier alpha value is 0.500. The van der Waals surface area contributed by atoms with E-state index in [-0.39, 0.29) is 0 Å². The summed E-state index contributed by atoms with van der Waals surface area (Å²) >= 11 is 3.43. The molecule has 3 nitrogen and oxygen atoms in total. The molecule has 0 aliphatic carbocycles. The molecule has 1 unspecified atom stereocenters. The van der Waals surface area contributed by atoms with E-state index in [1.807, 2.05) is 0 Å². The molecule has 0 spiro atoms. The maximum absolute atomic E-state index is 10.6. The minimum Gasteiger partial charge on any atom is -0.317 e. The topological polar surface area (TPSA) is 46.5 Å². The summed E-state index contributed by atoms with van der Waals surface area (Å²) < 4.78 is 15.3. The van der Waals surface area contributed by atoms with Crippen molar-refractivity contribution in [2.75, 3.05) is 6.61 Å². The molecule has 15 heavy (non-hydrogen) atoms. The Morgan fingerprint density at radius 3 is 2.00 bits per heavy atom. The van der Waals surface area contributed by atoms with Crippen molar-refractivity contribution in [2.45, 2.75) is 58.3 Å². The average molecular weight is 254 g/mol.